The summed E-state index contributed by atoms with van der Waals surface area (Å²) in [5, 5.41) is 1.80. The Kier molecular flexibility index (Phi) is 2.87. The third-order valence-electron chi connectivity index (χ3n) is 2.19. The van der Waals surface area contributed by atoms with Crippen molar-refractivity contribution in [1.29, 1.82) is 0 Å². The molecule has 0 aromatic carbocycles. The molecule has 2 N–H and O–H groups in total. The van der Waals surface area contributed by atoms with Crippen molar-refractivity contribution >= 4 is 28.7 Å². The predicted octanol–water partition coefficient (Wildman–Crippen LogP) is 2.00. The normalized spacial score (nSPS) is 10.1. The van der Waals surface area contributed by atoms with Crippen LogP contribution in [0.3, 0.4) is 0 Å². The number of hydrogen-bond donors (Lipinski definition) is 1. The molecule has 2 aromatic rings. The molecule has 16 heavy (non-hydrogen) atoms. The highest BCUT2D eigenvalue weighted by atomic mass is 32.1. The largest absolute Gasteiger partial charge is 0.397 e. The zero-order chi connectivity index (χ0) is 11.5. The number of nitrogens with two attached hydrogens (primary N) is 1. The number of aromatic nitrogens is 1. The molecule has 0 unspecified atom stereocenters. The van der Waals surface area contributed by atoms with Crippen LogP contribution in [0.15, 0.2) is 35.8 Å². The van der Waals surface area contributed by atoms with E-state index in [1.165, 1.54) is 16.2 Å². The van der Waals surface area contributed by atoms with Crippen molar-refractivity contribution in [1.82, 2.24) is 4.98 Å². The molecule has 0 aliphatic heterocycles. The quantitative estimate of drug-likeness (QED) is 0.863. The number of anilines is 2. The summed E-state index contributed by atoms with van der Waals surface area (Å²) in [6, 6.07) is 7.15. The molecule has 0 spiro atoms. The second kappa shape index (κ2) is 4.32. The molecule has 1 amide bonds. The number of pyridine rings is 1. The summed E-state index contributed by atoms with van der Waals surface area (Å²) in [4.78, 5) is 18.2. The van der Waals surface area contributed by atoms with Gasteiger partial charge in [-0.2, -0.15) is 0 Å². The summed E-state index contributed by atoms with van der Waals surface area (Å²) in [5.41, 5.74) is 6.21. The first-order valence-corrected chi connectivity index (χ1v) is 5.60. The lowest BCUT2D eigenvalue weighted by Gasteiger charge is -2.15. The molecule has 0 aliphatic rings. The van der Waals surface area contributed by atoms with Crippen LogP contribution < -0.4 is 10.6 Å². The summed E-state index contributed by atoms with van der Waals surface area (Å²) in [7, 11) is 1.68. The summed E-state index contributed by atoms with van der Waals surface area (Å²) in [6.07, 6.45) is 1.65. The van der Waals surface area contributed by atoms with Gasteiger partial charge in [0, 0.05) is 13.2 Å². The molecule has 0 aliphatic carbocycles. The van der Waals surface area contributed by atoms with E-state index in [0.29, 0.717) is 16.4 Å². The number of hydrogen-bond acceptors (Lipinski definition) is 4. The number of amides is 1. The van der Waals surface area contributed by atoms with Crippen LogP contribution in [-0.4, -0.2) is 17.9 Å². The summed E-state index contributed by atoms with van der Waals surface area (Å²) in [6.45, 7) is 0. The average molecular weight is 233 g/mol. The Labute approximate surface area is 97.3 Å². The molecule has 0 radical (unpaired) electrons. The lowest BCUT2D eigenvalue weighted by molar-refractivity contribution is 0.0997. The fourth-order valence-corrected chi connectivity index (χ4v) is 2.09. The first-order valence-electron chi connectivity index (χ1n) is 4.72. The van der Waals surface area contributed by atoms with Gasteiger partial charge in [-0.15, -0.1) is 11.3 Å². The maximum Gasteiger partial charge on any atom is 0.271 e. The smallest absolute Gasteiger partial charge is 0.271 e. The first-order chi connectivity index (χ1) is 7.70. The Bertz CT molecular complexity index is 495. The van der Waals surface area contributed by atoms with Crippen LogP contribution in [-0.2, 0) is 0 Å². The minimum Gasteiger partial charge on any atom is -0.397 e. The van der Waals surface area contributed by atoms with Gasteiger partial charge >= 0.3 is 0 Å². The minimum atomic E-state index is -0.133. The molecular weight excluding hydrogens is 222 g/mol. The van der Waals surface area contributed by atoms with Crippen molar-refractivity contribution in [2.75, 3.05) is 17.7 Å². The van der Waals surface area contributed by atoms with Crippen molar-refractivity contribution in [2.24, 2.45) is 0 Å². The van der Waals surface area contributed by atoms with Crippen LogP contribution in [0.4, 0.5) is 11.5 Å². The highest BCUT2D eigenvalue weighted by Gasteiger charge is 2.17. The van der Waals surface area contributed by atoms with Crippen LogP contribution in [0.2, 0.25) is 0 Å². The predicted molar refractivity (Wildman–Crippen MR) is 65.7 cm³/mol. The monoisotopic (exact) mass is 233 g/mol. The molecule has 2 heterocycles. The van der Waals surface area contributed by atoms with Crippen LogP contribution in [0.25, 0.3) is 0 Å². The highest BCUT2D eigenvalue weighted by molar-refractivity contribution is 7.12. The number of thiophene rings is 1. The van der Waals surface area contributed by atoms with Crippen molar-refractivity contribution in [3.63, 3.8) is 0 Å². The van der Waals surface area contributed by atoms with Gasteiger partial charge in [0.05, 0.1) is 5.69 Å². The molecule has 2 rings (SSSR count). The number of carbonyl (C=O) groups excluding carboxylic acids is 1. The fourth-order valence-electron chi connectivity index (χ4n) is 1.30. The lowest BCUT2D eigenvalue weighted by Crippen LogP contribution is -2.26. The van der Waals surface area contributed by atoms with Crippen molar-refractivity contribution in [2.45, 2.75) is 0 Å². The van der Waals surface area contributed by atoms with Gasteiger partial charge in [0.2, 0.25) is 0 Å². The van der Waals surface area contributed by atoms with Crippen molar-refractivity contribution in [3.8, 4) is 0 Å². The van der Waals surface area contributed by atoms with Crippen LogP contribution in [0.1, 0.15) is 9.67 Å². The van der Waals surface area contributed by atoms with E-state index >= 15 is 0 Å². The molecule has 82 valence electrons. The Hall–Kier alpha value is -1.88. The van der Waals surface area contributed by atoms with Gasteiger partial charge in [0.25, 0.3) is 5.91 Å². The molecule has 2 aromatic heterocycles. The maximum atomic E-state index is 12.0. The molecule has 4 nitrogen and oxygen atoms in total. The van der Waals surface area contributed by atoms with Gasteiger partial charge in [0.15, 0.2) is 0 Å². The second-order valence-electron chi connectivity index (χ2n) is 3.26. The number of nitrogens with zero attached hydrogens (tertiary/aromatic N) is 2. The number of nitrogen functional groups attached to an aromatic ring is 1. The minimum absolute atomic E-state index is 0.133. The van der Waals surface area contributed by atoms with Gasteiger partial charge in [-0.25, -0.2) is 4.98 Å². The van der Waals surface area contributed by atoms with Crippen LogP contribution >= 0.6 is 11.3 Å². The third-order valence-corrected chi connectivity index (χ3v) is 3.11. The SMILES string of the molecule is CN(C(=O)c1sccc1N)c1ccccn1. The van der Waals surface area contributed by atoms with Gasteiger partial charge in [0.1, 0.15) is 10.7 Å². The summed E-state index contributed by atoms with van der Waals surface area (Å²) < 4.78 is 0. The van der Waals surface area contributed by atoms with Crippen LogP contribution in [0.5, 0.6) is 0 Å². The molecular formula is C11H11N3OS. The zero-order valence-corrected chi connectivity index (χ0v) is 9.57. The second-order valence-corrected chi connectivity index (χ2v) is 4.17. The summed E-state index contributed by atoms with van der Waals surface area (Å²) >= 11 is 1.34. The van der Waals surface area contributed by atoms with Crippen molar-refractivity contribution in [3.05, 3.63) is 40.7 Å². The Balaban J connectivity index is 2.27. The molecule has 5 heteroatoms. The Morgan fingerprint density at radius 1 is 1.44 bits per heavy atom. The lowest BCUT2D eigenvalue weighted by atomic mass is 10.3. The van der Waals surface area contributed by atoms with E-state index in [1.54, 1.807) is 36.8 Å². The Morgan fingerprint density at radius 2 is 2.25 bits per heavy atom. The van der Waals surface area contributed by atoms with Gasteiger partial charge in [-0.05, 0) is 23.6 Å². The number of carbonyl (C=O) groups is 1. The zero-order valence-electron chi connectivity index (χ0n) is 8.75. The number of rotatable bonds is 2. The molecule has 0 fully saturated rings. The highest BCUT2D eigenvalue weighted by Crippen LogP contribution is 2.22. The average Bonchev–Trinajstić information content (AvgIpc) is 2.75. The van der Waals surface area contributed by atoms with E-state index in [2.05, 4.69) is 4.98 Å². The van der Waals surface area contributed by atoms with Crippen LogP contribution in [0, 0.1) is 0 Å². The van der Waals surface area contributed by atoms with E-state index in [9.17, 15) is 4.79 Å². The van der Waals surface area contributed by atoms with Gasteiger partial charge in [-0.3, -0.25) is 9.69 Å². The molecule has 0 atom stereocenters. The van der Waals surface area contributed by atoms with Gasteiger partial charge in [-0.1, -0.05) is 6.07 Å². The topological polar surface area (TPSA) is 59.2 Å². The van der Waals surface area contributed by atoms with E-state index in [1.807, 2.05) is 6.07 Å². The third kappa shape index (κ3) is 1.90. The van der Waals surface area contributed by atoms with E-state index < -0.39 is 0 Å². The van der Waals surface area contributed by atoms with E-state index in [4.69, 9.17) is 5.73 Å². The fraction of sp³-hybridized carbons (Fsp3) is 0.0909. The summed E-state index contributed by atoms with van der Waals surface area (Å²) in [5.74, 6) is 0.478. The standard InChI is InChI=1S/C11H11N3OS/c1-14(9-4-2-3-6-13-9)11(15)10-8(12)5-7-16-10/h2-7H,12H2,1H3. The van der Waals surface area contributed by atoms with Gasteiger partial charge < -0.3 is 5.73 Å². The van der Waals surface area contributed by atoms with E-state index in [-0.39, 0.29) is 5.91 Å². The van der Waals surface area contributed by atoms with E-state index in [0.717, 1.165) is 0 Å². The maximum absolute atomic E-state index is 12.0. The van der Waals surface area contributed by atoms with Crippen molar-refractivity contribution < 1.29 is 4.79 Å². The molecule has 0 saturated heterocycles. The first kappa shape index (κ1) is 10.6. The molecule has 0 bridgehead atoms. The molecule has 0 saturated carbocycles. The Morgan fingerprint density at radius 3 is 2.81 bits per heavy atom.